The Bertz CT molecular complexity index is 1120. The van der Waals surface area contributed by atoms with Crippen LogP contribution in [0.5, 0.6) is 0 Å². The van der Waals surface area contributed by atoms with Gasteiger partial charge in [-0.05, 0) is 38.5 Å². The minimum absolute atomic E-state index is 0.167. The Labute approximate surface area is 346 Å². The molecule has 1 aliphatic heterocycles. The van der Waals surface area contributed by atoms with Crippen LogP contribution in [-0.2, 0) is 38.7 Å². The van der Waals surface area contributed by atoms with E-state index in [9.17, 15) is 37.9 Å². The molecule has 0 aromatic rings. The number of rotatable bonds is 38. The lowest BCUT2D eigenvalue weighted by Crippen LogP contribution is -2.60. The van der Waals surface area contributed by atoms with E-state index in [4.69, 9.17) is 18.9 Å². The number of carbonyl (C=O) groups excluding carboxylic acids is 2. The van der Waals surface area contributed by atoms with E-state index >= 15 is 0 Å². The van der Waals surface area contributed by atoms with Crippen molar-refractivity contribution in [3.05, 3.63) is 12.2 Å². The second kappa shape index (κ2) is 35.2. The normalized spacial score (nSPS) is 20.6. The average molecular weight is 835 g/mol. The van der Waals surface area contributed by atoms with Crippen LogP contribution in [0.3, 0.4) is 0 Å². The molecule has 57 heavy (non-hydrogen) atoms. The van der Waals surface area contributed by atoms with Crippen LogP contribution in [0.4, 0.5) is 0 Å². The highest BCUT2D eigenvalue weighted by atomic mass is 32.2. The van der Waals surface area contributed by atoms with Crippen molar-refractivity contribution < 1.29 is 56.8 Å². The molecule has 13 heteroatoms. The van der Waals surface area contributed by atoms with Crippen molar-refractivity contribution in [2.45, 2.75) is 237 Å². The fourth-order valence-corrected chi connectivity index (χ4v) is 7.72. The Morgan fingerprint density at radius 1 is 0.579 bits per heavy atom. The molecule has 4 N–H and O–H groups in total. The monoisotopic (exact) mass is 835 g/mol. The zero-order valence-electron chi connectivity index (χ0n) is 35.7. The molecule has 0 aromatic heterocycles. The van der Waals surface area contributed by atoms with Crippen LogP contribution in [0, 0.1) is 0 Å². The number of aliphatic hydroxyl groups excluding tert-OH is 3. The average Bonchev–Trinajstić information content (AvgIpc) is 3.17. The maximum Gasteiger partial charge on any atom is 0.306 e. The topological polar surface area (TPSA) is 186 Å². The van der Waals surface area contributed by atoms with E-state index in [1.807, 2.05) is 0 Å². The van der Waals surface area contributed by atoms with E-state index < -0.39 is 71.2 Å². The summed E-state index contributed by atoms with van der Waals surface area (Å²) in [5, 5.41) is 30.8. The Balaban J connectivity index is 2.33. The Hall–Kier alpha value is -1.61. The maximum atomic E-state index is 12.7. The molecule has 1 aliphatic rings. The molecule has 0 aromatic carbocycles. The lowest BCUT2D eigenvalue weighted by Gasteiger charge is -2.40. The molecule has 2 unspecified atom stereocenters. The highest BCUT2D eigenvalue weighted by Gasteiger charge is 2.46. The summed E-state index contributed by atoms with van der Waals surface area (Å²) in [4.78, 5) is 25.3. The van der Waals surface area contributed by atoms with Gasteiger partial charge in [0.1, 0.15) is 36.8 Å². The summed E-state index contributed by atoms with van der Waals surface area (Å²) in [6.07, 6.45) is 27.2. The molecule has 1 rings (SSSR count). The number of carbonyl (C=O) groups is 2. The molecule has 0 spiro atoms. The fraction of sp³-hybridized carbons (Fsp3) is 0.909. The molecule has 1 saturated heterocycles. The van der Waals surface area contributed by atoms with Gasteiger partial charge in [0, 0.05) is 12.8 Å². The van der Waals surface area contributed by atoms with Gasteiger partial charge >= 0.3 is 11.9 Å². The van der Waals surface area contributed by atoms with Gasteiger partial charge in [-0.3, -0.25) is 14.1 Å². The van der Waals surface area contributed by atoms with Gasteiger partial charge in [0.15, 0.2) is 12.4 Å². The van der Waals surface area contributed by atoms with Crippen LogP contribution in [0.1, 0.15) is 200 Å². The van der Waals surface area contributed by atoms with Gasteiger partial charge in [-0.1, -0.05) is 161 Å². The third-order valence-corrected chi connectivity index (χ3v) is 11.3. The molecule has 336 valence electrons. The van der Waals surface area contributed by atoms with E-state index in [-0.39, 0.29) is 19.4 Å². The summed E-state index contributed by atoms with van der Waals surface area (Å²) in [7, 11) is -4.59. The molecule has 0 saturated carbocycles. The van der Waals surface area contributed by atoms with Gasteiger partial charge in [-0.15, -0.1) is 0 Å². The van der Waals surface area contributed by atoms with Crippen molar-refractivity contribution in [2.24, 2.45) is 0 Å². The number of allylic oxidation sites excluding steroid dienone is 2. The predicted octanol–water partition coefficient (Wildman–Crippen LogP) is 9.06. The third kappa shape index (κ3) is 30.1. The van der Waals surface area contributed by atoms with E-state index in [1.54, 1.807) is 0 Å². The predicted molar refractivity (Wildman–Crippen MR) is 224 cm³/mol. The molecule has 0 amide bonds. The van der Waals surface area contributed by atoms with Crippen LogP contribution in [-0.4, -0.2) is 96.0 Å². The minimum atomic E-state index is -4.59. The lowest BCUT2D eigenvalue weighted by molar-refractivity contribution is -0.297. The van der Waals surface area contributed by atoms with E-state index in [2.05, 4.69) is 26.0 Å². The first kappa shape index (κ1) is 53.4. The molecule has 0 bridgehead atoms. The van der Waals surface area contributed by atoms with Gasteiger partial charge in [0.25, 0.3) is 10.1 Å². The first-order valence-corrected chi connectivity index (χ1v) is 24.4. The van der Waals surface area contributed by atoms with Gasteiger partial charge in [0.05, 0.1) is 6.61 Å². The molecular formula is C44H82O12S. The number of aliphatic hydroxyl groups is 3. The fourth-order valence-electron chi connectivity index (χ4n) is 7.02. The molecule has 0 aliphatic carbocycles. The Morgan fingerprint density at radius 2 is 1.00 bits per heavy atom. The van der Waals surface area contributed by atoms with Gasteiger partial charge in [-0.2, -0.15) is 8.42 Å². The second-order valence-corrected chi connectivity index (χ2v) is 17.6. The van der Waals surface area contributed by atoms with Crippen LogP contribution < -0.4 is 0 Å². The summed E-state index contributed by atoms with van der Waals surface area (Å²) in [5.74, 6) is -1.98. The number of ether oxygens (including phenoxy) is 4. The summed E-state index contributed by atoms with van der Waals surface area (Å²) in [6.45, 7) is 3.72. The molecule has 12 nitrogen and oxygen atoms in total. The van der Waals surface area contributed by atoms with Gasteiger partial charge in [0.2, 0.25) is 0 Å². The van der Waals surface area contributed by atoms with Crippen molar-refractivity contribution in [3.63, 3.8) is 0 Å². The maximum absolute atomic E-state index is 12.7. The summed E-state index contributed by atoms with van der Waals surface area (Å²) in [5.41, 5.74) is 0. The lowest BCUT2D eigenvalue weighted by atomic mass is 10.00. The zero-order chi connectivity index (χ0) is 42.0. The smallest absolute Gasteiger partial charge is 0.306 e. The summed E-state index contributed by atoms with van der Waals surface area (Å²) >= 11 is 0. The second-order valence-electron chi connectivity index (χ2n) is 16.1. The van der Waals surface area contributed by atoms with Crippen LogP contribution in [0.2, 0.25) is 0 Å². The molecule has 0 radical (unpaired) electrons. The molecule has 1 heterocycles. The standard InChI is InChI=1S/C44H82O12S/c1-3-5-7-9-11-13-14-15-16-17-18-19-20-21-22-23-24-25-27-28-30-32-39(45)53-34-37(55-40(46)33-31-29-26-12-10-8-6-4-2)35-54-44-43(49)42(48)41(47)38(56-44)36-57(50,51)52/h15-16,37-38,41-44,47-49H,3-14,17-36H2,1-2H3,(H,50,51,52)/b16-15+/t37-,38-,41-,42?,43?,44+/m1/s1. The van der Waals surface area contributed by atoms with Gasteiger partial charge < -0.3 is 34.3 Å². The number of unbranched alkanes of at least 4 members (excludes halogenated alkanes) is 24. The van der Waals surface area contributed by atoms with Crippen molar-refractivity contribution in [3.8, 4) is 0 Å². The van der Waals surface area contributed by atoms with Crippen molar-refractivity contribution in [2.75, 3.05) is 19.0 Å². The highest BCUT2D eigenvalue weighted by molar-refractivity contribution is 7.85. The van der Waals surface area contributed by atoms with E-state index in [0.717, 1.165) is 38.5 Å². The molecule has 6 atom stereocenters. The number of esters is 2. The third-order valence-electron chi connectivity index (χ3n) is 10.6. The van der Waals surface area contributed by atoms with Crippen LogP contribution in [0.15, 0.2) is 12.2 Å². The van der Waals surface area contributed by atoms with Crippen molar-refractivity contribution in [1.29, 1.82) is 0 Å². The molecule has 1 fully saturated rings. The van der Waals surface area contributed by atoms with Crippen molar-refractivity contribution in [1.82, 2.24) is 0 Å². The first-order valence-electron chi connectivity index (χ1n) is 22.7. The largest absolute Gasteiger partial charge is 0.462 e. The zero-order valence-corrected chi connectivity index (χ0v) is 36.5. The quantitative estimate of drug-likeness (QED) is 0.0200. The summed E-state index contributed by atoms with van der Waals surface area (Å²) < 4.78 is 53.9. The van der Waals surface area contributed by atoms with E-state index in [0.29, 0.717) is 12.8 Å². The van der Waals surface area contributed by atoms with Crippen LogP contribution >= 0.6 is 0 Å². The Kier molecular flexibility index (Phi) is 33.0. The Morgan fingerprint density at radius 3 is 1.46 bits per heavy atom. The van der Waals surface area contributed by atoms with Crippen LogP contribution in [0.25, 0.3) is 0 Å². The highest BCUT2D eigenvalue weighted by Crippen LogP contribution is 2.24. The minimum Gasteiger partial charge on any atom is -0.462 e. The van der Waals surface area contributed by atoms with Gasteiger partial charge in [-0.25, -0.2) is 0 Å². The van der Waals surface area contributed by atoms with Crippen molar-refractivity contribution >= 4 is 22.1 Å². The van der Waals surface area contributed by atoms with E-state index in [1.165, 1.54) is 122 Å². The number of hydrogen-bond acceptors (Lipinski definition) is 11. The summed E-state index contributed by atoms with van der Waals surface area (Å²) in [6, 6.07) is 0. The first-order chi connectivity index (χ1) is 27.5. The molecular weight excluding hydrogens is 753 g/mol. The number of hydrogen-bond donors (Lipinski definition) is 4. The SMILES string of the molecule is CCCCCCCC/C=C/CCCCCCCCCCCCCC(=O)OC[C@H](CO[C@H]1O[C@H](CS(=O)(=O)O)[C@@H](O)C(O)C1O)OC(=O)CCCCCCCCCC.